The summed E-state index contributed by atoms with van der Waals surface area (Å²) in [6.07, 6.45) is 0. The van der Waals surface area contributed by atoms with Crippen LogP contribution in [0, 0.1) is 22.1 Å². The zero-order chi connectivity index (χ0) is 14.0. The molecule has 0 heterocycles. The second-order valence-electron chi connectivity index (χ2n) is 4.01. The smallest absolute Gasteiger partial charge is 0.258 e. The first kappa shape index (κ1) is 13.9. The Kier molecular flexibility index (Phi) is 4.14. The van der Waals surface area contributed by atoms with E-state index in [0.717, 1.165) is 15.2 Å². The molecule has 2 nitrogen and oxygen atoms in total. The Morgan fingerprint density at radius 3 is 2.63 bits per heavy atom. The largest absolute Gasteiger partial charge is 0.322 e. The first-order valence-corrected chi connectivity index (χ1v) is 6.58. The standard InChI is InChI=1S/C14H10F2INO/c1-8-7-9(17)5-6-12(8)18-14(19)10-3-2-4-11(15)13(10)16/h2-7H,1H3,(H,18,19). The second-order valence-corrected chi connectivity index (χ2v) is 5.26. The van der Waals surface area contributed by atoms with E-state index in [2.05, 4.69) is 27.9 Å². The van der Waals surface area contributed by atoms with Crippen LogP contribution in [0.15, 0.2) is 36.4 Å². The second kappa shape index (κ2) is 5.64. The van der Waals surface area contributed by atoms with E-state index in [1.165, 1.54) is 12.1 Å². The summed E-state index contributed by atoms with van der Waals surface area (Å²) in [5, 5.41) is 2.57. The van der Waals surface area contributed by atoms with Gasteiger partial charge in [0.2, 0.25) is 0 Å². The highest BCUT2D eigenvalue weighted by atomic mass is 127. The van der Waals surface area contributed by atoms with Gasteiger partial charge in [-0.25, -0.2) is 8.78 Å². The number of carbonyl (C=O) groups excluding carboxylic acids is 1. The van der Waals surface area contributed by atoms with Crippen LogP contribution >= 0.6 is 22.6 Å². The highest BCUT2D eigenvalue weighted by molar-refractivity contribution is 14.1. The van der Waals surface area contributed by atoms with E-state index in [9.17, 15) is 13.6 Å². The predicted octanol–water partition coefficient (Wildman–Crippen LogP) is 4.13. The first-order chi connectivity index (χ1) is 8.99. The molecule has 98 valence electrons. The molecule has 0 aliphatic heterocycles. The van der Waals surface area contributed by atoms with Crippen LogP contribution in [-0.2, 0) is 0 Å². The van der Waals surface area contributed by atoms with Crippen molar-refractivity contribution in [2.24, 2.45) is 0 Å². The highest BCUT2D eigenvalue weighted by Gasteiger charge is 2.15. The lowest BCUT2D eigenvalue weighted by Crippen LogP contribution is -2.15. The SMILES string of the molecule is Cc1cc(I)ccc1NC(=O)c1cccc(F)c1F. The van der Waals surface area contributed by atoms with Crippen molar-refractivity contribution < 1.29 is 13.6 Å². The summed E-state index contributed by atoms with van der Waals surface area (Å²) in [6, 6.07) is 8.96. The third-order valence-electron chi connectivity index (χ3n) is 2.63. The van der Waals surface area contributed by atoms with Crippen molar-refractivity contribution in [3.63, 3.8) is 0 Å². The molecule has 2 aromatic rings. The number of aryl methyl sites for hydroxylation is 1. The van der Waals surface area contributed by atoms with Crippen LogP contribution in [0.5, 0.6) is 0 Å². The van der Waals surface area contributed by atoms with Gasteiger partial charge in [-0.2, -0.15) is 0 Å². The van der Waals surface area contributed by atoms with E-state index in [1.54, 1.807) is 6.07 Å². The van der Waals surface area contributed by atoms with E-state index in [4.69, 9.17) is 0 Å². The molecule has 0 radical (unpaired) electrons. The third-order valence-corrected chi connectivity index (χ3v) is 3.30. The first-order valence-electron chi connectivity index (χ1n) is 5.50. The quantitative estimate of drug-likeness (QED) is 0.789. The number of hydrogen-bond acceptors (Lipinski definition) is 1. The Bertz CT molecular complexity index is 643. The molecule has 2 rings (SSSR count). The number of nitrogens with one attached hydrogen (secondary N) is 1. The molecule has 0 fully saturated rings. The van der Waals surface area contributed by atoms with E-state index >= 15 is 0 Å². The minimum absolute atomic E-state index is 0.307. The molecule has 0 spiro atoms. The summed E-state index contributed by atoms with van der Waals surface area (Å²) >= 11 is 2.15. The number of anilines is 1. The molecule has 1 N–H and O–H groups in total. The summed E-state index contributed by atoms with van der Waals surface area (Å²) < 4.78 is 27.6. The summed E-state index contributed by atoms with van der Waals surface area (Å²) in [7, 11) is 0. The molecule has 0 aliphatic rings. The van der Waals surface area contributed by atoms with E-state index < -0.39 is 17.5 Å². The monoisotopic (exact) mass is 373 g/mol. The maximum Gasteiger partial charge on any atom is 0.258 e. The molecule has 0 saturated heterocycles. The Morgan fingerprint density at radius 1 is 1.21 bits per heavy atom. The fraction of sp³-hybridized carbons (Fsp3) is 0.0714. The maximum atomic E-state index is 13.5. The molecular weight excluding hydrogens is 363 g/mol. The Morgan fingerprint density at radius 2 is 1.95 bits per heavy atom. The van der Waals surface area contributed by atoms with Gasteiger partial charge in [-0.15, -0.1) is 0 Å². The zero-order valence-corrected chi connectivity index (χ0v) is 12.2. The van der Waals surface area contributed by atoms with Gasteiger partial charge in [0.25, 0.3) is 5.91 Å². The topological polar surface area (TPSA) is 29.1 Å². The van der Waals surface area contributed by atoms with E-state index in [-0.39, 0.29) is 5.56 Å². The maximum absolute atomic E-state index is 13.5. The number of carbonyl (C=O) groups is 1. The van der Waals surface area contributed by atoms with Gasteiger partial charge in [0.15, 0.2) is 11.6 Å². The fourth-order valence-corrected chi connectivity index (χ4v) is 2.28. The molecule has 0 unspecified atom stereocenters. The van der Waals surface area contributed by atoms with Gasteiger partial charge in [-0.3, -0.25) is 4.79 Å². The van der Waals surface area contributed by atoms with E-state index in [1.807, 2.05) is 19.1 Å². The van der Waals surface area contributed by atoms with Crippen molar-refractivity contribution in [2.45, 2.75) is 6.92 Å². The van der Waals surface area contributed by atoms with Gasteiger partial charge in [-0.1, -0.05) is 6.07 Å². The van der Waals surface area contributed by atoms with Crippen molar-refractivity contribution >= 4 is 34.2 Å². The molecule has 0 atom stereocenters. The zero-order valence-electron chi connectivity index (χ0n) is 10.0. The predicted molar refractivity (Wildman–Crippen MR) is 78.2 cm³/mol. The normalized spacial score (nSPS) is 10.3. The average molecular weight is 373 g/mol. The molecule has 5 heteroatoms. The average Bonchev–Trinajstić information content (AvgIpc) is 2.36. The van der Waals surface area contributed by atoms with Crippen molar-refractivity contribution in [1.29, 1.82) is 0 Å². The molecular formula is C14H10F2INO. The molecule has 0 aliphatic carbocycles. The van der Waals surface area contributed by atoms with Crippen molar-refractivity contribution in [2.75, 3.05) is 5.32 Å². The Hall–Kier alpha value is -1.50. The van der Waals surface area contributed by atoms with Crippen LogP contribution in [0.25, 0.3) is 0 Å². The Labute approximate surface area is 123 Å². The van der Waals surface area contributed by atoms with Crippen LogP contribution in [-0.4, -0.2) is 5.91 Å². The fourth-order valence-electron chi connectivity index (χ4n) is 1.64. The van der Waals surface area contributed by atoms with Crippen LogP contribution in [0.2, 0.25) is 0 Å². The lowest BCUT2D eigenvalue weighted by molar-refractivity contribution is 0.102. The third kappa shape index (κ3) is 3.09. The molecule has 19 heavy (non-hydrogen) atoms. The summed E-state index contributed by atoms with van der Waals surface area (Å²) in [5.74, 6) is -2.84. The van der Waals surface area contributed by atoms with Crippen molar-refractivity contribution in [1.82, 2.24) is 0 Å². The molecule has 0 aromatic heterocycles. The summed E-state index contributed by atoms with van der Waals surface area (Å²) in [5.41, 5.74) is 1.13. The number of amides is 1. The van der Waals surface area contributed by atoms with Gasteiger partial charge in [0.1, 0.15) is 0 Å². The summed E-state index contributed by atoms with van der Waals surface area (Å²) in [6.45, 7) is 1.83. The number of rotatable bonds is 2. The van der Waals surface area contributed by atoms with Gasteiger partial charge in [0.05, 0.1) is 5.56 Å². The number of benzene rings is 2. The highest BCUT2D eigenvalue weighted by Crippen LogP contribution is 2.19. The van der Waals surface area contributed by atoms with Crippen LogP contribution in [0.1, 0.15) is 15.9 Å². The minimum Gasteiger partial charge on any atom is -0.322 e. The lowest BCUT2D eigenvalue weighted by atomic mass is 10.1. The number of hydrogen-bond donors (Lipinski definition) is 1. The molecule has 1 amide bonds. The molecule has 0 bridgehead atoms. The lowest BCUT2D eigenvalue weighted by Gasteiger charge is -2.09. The van der Waals surface area contributed by atoms with Crippen LogP contribution < -0.4 is 5.32 Å². The summed E-state index contributed by atoms with van der Waals surface area (Å²) in [4.78, 5) is 11.9. The van der Waals surface area contributed by atoms with Gasteiger partial charge in [-0.05, 0) is 65.4 Å². The van der Waals surface area contributed by atoms with Crippen molar-refractivity contribution in [3.05, 3.63) is 62.7 Å². The van der Waals surface area contributed by atoms with Gasteiger partial charge in [0, 0.05) is 9.26 Å². The van der Waals surface area contributed by atoms with Crippen LogP contribution in [0.3, 0.4) is 0 Å². The van der Waals surface area contributed by atoms with Gasteiger partial charge >= 0.3 is 0 Å². The minimum atomic E-state index is -1.14. The molecule has 0 saturated carbocycles. The van der Waals surface area contributed by atoms with Crippen LogP contribution in [0.4, 0.5) is 14.5 Å². The van der Waals surface area contributed by atoms with Gasteiger partial charge < -0.3 is 5.32 Å². The van der Waals surface area contributed by atoms with Crippen molar-refractivity contribution in [3.8, 4) is 0 Å². The molecule has 2 aromatic carbocycles. The van der Waals surface area contributed by atoms with E-state index in [0.29, 0.717) is 5.69 Å². The number of halogens is 3. The Balaban J connectivity index is 2.28.